The molecule has 7 heteroatoms. The molecule has 1 aliphatic rings. The van der Waals surface area contributed by atoms with Crippen LogP contribution in [0.15, 0.2) is 48.5 Å². The second-order valence-electron chi connectivity index (χ2n) is 5.84. The Morgan fingerprint density at radius 2 is 1.76 bits per heavy atom. The van der Waals surface area contributed by atoms with Crippen LogP contribution in [0.1, 0.15) is 0 Å². The topological polar surface area (TPSA) is 48.5 Å². The first-order chi connectivity index (χ1) is 12.2. The molecule has 0 aliphatic carbocycles. The predicted octanol–water partition coefficient (Wildman–Crippen LogP) is 3.79. The van der Waals surface area contributed by atoms with E-state index in [1.165, 1.54) is 17.4 Å². The van der Waals surface area contributed by atoms with E-state index in [4.69, 9.17) is 0 Å². The van der Waals surface area contributed by atoms with Crippen LogP contribution in [0.25, 0.3) is 10.2 Å². The molecule has 128 valence electrons. The number of urea groups is 1. The SMILES string of the molecule is O=C(Nc1nc2ccccc2s1)N1CCN(c2ccccc2F)CC1. The van der Waals surface area contributed by atoms with E-state index in [0.29, 0.717) is 37.0 Å². The number of para-hydroxylation sites is 2. The Kier molecular flexibility index (Phi) is 4.23. The van der Waals surface area contributed by atoms with Gasteiger partial charge in [-0.15, -0.1) is 0 Å². The number of fused-ring (bicyclic) bond motifs is 1. The van der Waals surface area contributed by atoms with Crippen LogP contribution in [0.3, 0.4) is 0 Å². The highest BCUT2D eigenvalue weighted by molar-refractivity contribution is 7.22. The van der Waals surface area contributed by atoms with E-state index in [1.54, 1.807) is 17.0 Å². The molecule has 1 N–H and O–H groups in total. The van der Waals surface area contributed by atoms with E-state index in [-0.39, 0.29) is 11.8 Å². The maximum Gasteiger partial charge on any atom is 0.323 e. The van der Waals surface area contributed by atoms with E-state index < -0.39 is 0 Å². The smallest absolute Gasteiger partial charge is 0.323 e. The number of nitrogens with zero attached hydrogens (tertiary/aromatic N) is 3. The molecule has 1 aliphatic heterocycles. The Bertz CT molecular complexity index is 872. The van der Waals surface area contributed by atoms with Crippen LogP contribution in [0.4, 0.5) is 20.0 Å². The molecule has 0 saturated carbocycles. The number of carbonyl (C=O) groups excluding carboxylic acids is 1. The first-order valence-electron chi connectivity index (χ1n) is 8.12. The Labute approximate surface area is 148 Å². The Morgan fingerprint density at radius 3 is 2.52 bits per heavy atom. The summed E-state index contributed by atoms with van der Waals surface area (Å²) in [6, 6.07) is 14.4. The van der Waals surface area contributed by atoms with Gasteiger partial charge in [-0.05, 0) is 24.3 Å². The van der Waals surface area contributed by atoms with Crippen LogP contribution in [0, 0.1) is 5.82 Å². The van der Waals surface area contributed by atoms with Gasteiger partial charge in [0.05, 0.1) is 15.9 Å². The third-order valence-corrected chi connectivity index (χ3v) is 5.22. The molecule has 2 heterocycles. The van der Waals surface area contributed by atoms with Gasteiger partial charge in [-0.25, -0.2) is 14.2 Å². The summed E-state index contributed by atoms with van der Waals surface area (Å²) in [4.78, 5) is 20.6. The van der Waals surface area contributed by atoms with Crippen molar-refractivity contribution in [2.75, 3.05) is 36.4 Å². The fourth-order valence-electron chi connectivity index (χ4n) is 2.95. The molecule has 1 fully saturated rings. The number of nitrogens with one attached hydrogen (secondary N) is 1. The monoisotopic (exact) mass is 356 g/mol. The number of benzene rings is 2. The van der Waals surface area contributed by atoms with Gasteiger partial charge in [0.2, 0.25) is 0 Å². The number of thiazole rings is 1. The number of piperazine rings is 1. The summed E-state index contributed by atoms with van der Waals surface area (Å²) in [6.07, 6.45) is 0. The lowest BCUT2D eigenvalue weighted by Crippen LogP contribution is -2.50. The van der Waals surface area contributed by atoms with Gasteiger partial charge >= 0.3 is 6.03 Å². The highest BCUT2D eigenvalue weighted by atomic mass is 32.1. The third kappa shape index (κ3) is 3.28. The molecule has 4 rings (SSSR count). The summed E-state index contributed by atoms with van der Waals surface area (Å²) in [6.45, 7) is 2.30. The first kappa shape index (κ1) is 15.8. The molecule has 1 saturated heterocycles. The number of rotatable bonds is 2. The molecular weight excluding hydrogens is 339 g/mol. The number of hydrogen-bond donors (Lipinski definition) is 1. The lowest BCUT2D eigenvalue weighted by atomic mass is 10.2. The minimum absolute atomic E-state index is 0.160. The van der Waals surface area contributed by atoms with Crippen molar-refractivity contribution >= 4 is 38.4 Å². The molecule has 2 aromatic carbocycles. The Morgan fingerprint density at radius 1 is 1.04 bits per heavy atom. The largest absolute Gasteiger partial charge is 0.366 e. The molecule has 3 aromatic rings. The molecule has 0 atom stereocenters. The Balaban J connectivity index is 1.39. The van der Waals surface area contributed by atoms with Crippen molar-refractivity contribution in [2.24, 2.45) is 0 Å². The number of anilines is 2. The summed E-state index contributed by atoms with van der Waals surface area (Å²) in [5.41, 5.74) is 1.47. The number of carbonyl (C=O) groups is 1. The minimum Gasteiger partial charge on any atom is -0.366 e. The molecule has 0 spiro atoms. The van der Waals surface area contributed by atoms with Crippen molar-refractivity contribution in [3.8, 4) is 0 Å². The maximum absolute atomic E-state index is 13.9. The van der Waals surface area contributed by atoms with E-state index in [1.807, 2.05) is 35.2 Å². The maximum atomic E-state index is 13.9. The van der Waals surface area contributed by atoms with Crippen LogP contribution >= 0.6 is 11.3 Å². The molecular formula is C18H17FN4OS. The van der Waals surface area contributed by atoms with Crippen molar-refractivity contribution in [3.05, 3.63) is 54.3 Å². The standard InChI is InChI=1S/C18H17FN4OS/c19-13-5-1-3-7-15(13)22-9-11-23(12-10-22)18(24)21-17-20-14-6-2-4-8-16(14)25-17/h1-8H,9-12H2,(H,20,21,24). The van der Waals surface area contributed by atoms with Crippen LogP contribution < -0.4 is 10.2 Å². The molecule has 0 unspecified atom stereocenters. The fraction of sp³-hybridized carbons (Fsp3) is 0.222. The minimum atomic E-state index is -0.227. The molecule has 0 bridgehead atoms. The van der Waals surface area contributed by atoms with Gasteiger partial charge in [0, 0.05) is 26.2 Å². The number of aromatic nitrogens is 1. The van der Waals surface area contributed by atoms with Crippen LogP contribution in [-0.2, 0) is 0 Å². The lowest BCUT2D eigenvalue weighted by Gasteiger charge is -2.35. The zero-order valence-corrected chi connectivity index (χ0v) is 14.3. The number of hydrogen-bond acceptors (Lipinski definition) is 4. The van der Waals surface area contributed by atoms with Crippen LogP contribution in [0.2, 0.25) is 0 Å². The number of amides is 2. The van der Waals surface area contributed by atoms with Gasteiger partial charge in [-0.1, -0.05) is 35.6 Å². The molecule has 1 aromatic heterocycles. The fourth-order valence-corrected chi connectivity index (χ4v) is 3.81. The van der Waals surface area contributed by atoms with Crippen molar-refractivity contribution in [2.45, 2.75) is 0 Å². The first-order valence-corrected chi connectivity index (χ1v) is 8.93. The normalized spacial score (nSPS) is 14.8. The summed E-state index contributed by atoms with van der Waals surface area (Å²) in [5, 5.41) is 3.47. The van der Waals surface area contributed by atoms with E-state index in [0.717, 1.165) is 10.2 Å². The van der Waals surface area contributed by atoms with Gasteiger partial charge in [0.1, 0.15) is 5.82 Å². The Hall–Kier alpha value is -2.67. The van der Waals surface area contributed by atoms with E-state index in [2.05, 4.69) is 10.3 Å². The summed E-state index contributed by atoms with van der Waals surface area (Å²) >= 11 is 1.46. The van der Waals surface area contributed by atoms with Gasteiger partial charge in [-0.3, -0.25) is 5.32 Å². The second kappa shape index (κ2) is 6.68. The van der Waals surface area contributed by atoms with Crippen molar-refractivity contribution in [1.29, 1.82) is 0 Å². The van der Waals surface area contributed by atoms with Crippen LogP contribution in [0.5, 0.6) is 0 Å². The van der Waals surface area contributed by atoms with Gasteiger partial charge < -0.3 is 9.80 Å². The quantitative estimate of drug-likeness (QED) is 0.760. The van der Waals surface area contributed by atoms with Crippen molar-refractivity contribution in [3.63, 3.8) is 0 Å². The zero-order chi connectivity index (χ0) is 17.2. The van der Waals surface area contributed by atoms with Gasteiger partial charge in [-0.2, -0.15) is 0 Å². The summed E-state index contributed by atoms with van der Waals surface area (Å²) in [5.74, 6) is -0.227. The third-order valence-electron chi connectivity index (χ3n) is 4.27. The highest BCUT2D eigenvalue weighted by Crippen LogP contribution is 2.26. The van der Waals surface area contributed by atoms with Crippen molar-refractivity contribution in [1.82, 2.24) is 9.88 Å². The number of halogens is 1. The molecule has 25 heavy (non-hydrogen) atoms. The van der Waals surface area contributed by atoms with Crippen LogP contribution in [-0.4, -0.2) is 42.1 Å². The average molecular weight is 356 g/mol. The van der Waals surface area contributed by atoms with Gasteiger partial charge in [0.25, 0.3) is 0 Å². The second-order valence-corrected chi connectivity index (χ2v) is 6.87. The summed E-state index contributed by atoms with van der Waals surface area (Å²) < 4.78 is 14.9. The molecule has 2 amide bonds. The zero-order valence-electron chi connectivity index (χ0n) is 13.5. The van der Waals surface area contributed by atoms with Crippen molar-refractivity contribution < 1.29 is 9.18 Å². The highest BCUT2D eigenvalue weighted by Gasteiger charge is 2.23. The summed E-state index contributed by atoms with van der Waals surface area (Å²) in [7, 11) is 0. The van der Waals surface area contributed by atoms with E-state index >= 15 is 0 Å². The molecule has 5 nitrogen and oxygen atoms in total. The predicted molar refractivity (Wildman–Crippen MR) is 98.8 cm³/mol. The van der Waals surface area contributed by atoms with Gasteiger partial charge in [0.15, 0.2) is 5.13 Å². The lowest BCUT2D eigenvalue weighted by molar-refractivity contribution is 0.208. The average Bonchev–Trinajstić information content (AvgIpc) is 3.04. The molecule has 0 radical (unpaired) electrons. The van der Waals surface area contributed by atoms with E-state index in [9.17, 15) is 9.18 Å².